The number of anilines is 1. The van der Waals surface area contributed by atoms with Gasteiger partial charge in [-0.25, -0.2) is 4.79 Å². The summed E-state index contributed by atoms with van der Waals surface area (Å²) in [6.07, 6.45) is 3.82. The number of hydrogen-bond donors (Lipinski definition) is 1. The highest BCUT2D eigenvalue weighted by Gasteiger charge is 2.13. The summed E-state index contributed by atoms with van der Waals surface area (Å²) in [5.74, 6) is 0.0801. The number of esters is 1. The van der Waals surface area contributed by atoms with Crippen molar-refractivity contribution in [2.75, 3.05) is 25.1 Å². The van der Waals surface area contributed by atoms with Crippen LogP contribution in [-0.4, -0.2) is 36.3 Å². The van der Waals surface area contributed by atoms with Crippen molar-refractivity contribution >= 4 is 17.6 Å². The average molecular weight is 408 g/mol. The van der Waals surface area contributed by atoms with Gasteiger partial charge in [0.05, 0.1) is 24.5 Å². The summed E-state index contributed by atoms with van der Waals surface area (Å²) >= 11 is 0. The molecule has 3 rings (SSSR count). The van der Waals surface area contributed by atoms with Gasteiger partial charge in [-0.05, 0) is 62.4 Å². The minimum Gasteiger partial charge on any atom is -0.494 e. The van der Waals surface area contributed by atoms with Gasteiger partial charge in [0.15, 0.2) is 6.61 Å². The van der Waals surface area contributed by atoms with E-state index in [0.717, 1.165) is 5.69 Å². The van der Waals surface area contributed by atoms with E-state index in [-0.39, 0.29) is 0 Å². The highest BCUT2D eigenvalue weighted by atomic mass is 16.5. The van der Waals surface area contributed by atoms with Crippen LogP contribution in [0.15, 0.2) is 67.0 Å². The van der Waals surface area contributed by atoms with Crippen LogP contribution in [-0.2, 0) is 9.53 Å². The van der Waals surface area contributed by atoms with Gasteiger partial charge in [-0.3, -0.25) is 4.79 Å². The van der Waals surface area contributed by atoms with Crippen LogP contribution in [0.5, 0.6) is 11.5 Å². The molecule has 1 amide bonds. The largest absolute Gasteiger partial charge is 0.494 e. The fraction of sp³-hybridized carbons (Fsp3) is 0.217. The fourth-order valence-corrected chi connectivity index (χ4v) is 2.82. The third-order valence-corrected chi connectivity index (χ3v) is 4.18. The molecule has 1 heterocycles. The first-order valence-corrected chi connectivity index (χ1v) is 9.70. The molecule has 7 heteroatoms. The monoisotopic (exact) mass is 408 g/mol. The maximum absolute atomic E-state index is 12.3. The van der Waals surface area contributed by atoms with E-state index in [0.29, 0.717) is 36.0 Å². The third-order valence-electron chi connectivity index (χ3n) is 4.18. The van der Waals surface area contributed by atoms with Gasteiger partial charge in [0, 0.05) is 24.1 Å². The summed E-state index contributed by atoms with van der Waals surface area (Å²) in [7, 11) is 0. The summed E-state index contributed by atoms with van der Waals surface area (Å²) in [4.78, 5) is 24.5. The number of aromatic nitrogens is 1. The van der Waals surface area contributed by atoms with Crippen LogP contribution >= 0.6 is 0 Å². The number of nitrogens with one attached hydrogen (secondary N) is 1. The molecule has 0 unspecified atom stereocenters. The quantitative estimate of drug-likeness (QED) is 0.540. The summed E-state index contributed by atoms with van der Waals surface area (Å²) in [5, 5.41) is 2.70. The van der Waals surface area contributed by atoms with Crippen LogP contribution in [0.25, 0.3) is 5.69 Å². The Hall–Kier alpha value is -3.74. The molecular weight excluding hydrogens is 384 g/mol. The number of hydrogen-bond acceptors (Lipinski definition) is 5. The highest BCUT2D eigenvalue weighted by Crippen LogP contribution is 2.29. The van der Waals surface area contributed by atoms with E-state index in [4.69, 9.17) is 14.2 Å². The second-order valence-electron chi connectivity index (χ2n) is 6.29. The Morgan fingerprint density at radius 3 is 2.30 bits per heavy atom. The van der Waals surface area contributed by atoms with E-state index in [9.17, 15) is 9.59 Å². The molecule has 0 atom stereocenters. The van der Waals surface area contributed by atoms with Crippen molar-refractivity contribution in [3.05, 3.63) is 72.6 Å². The molecule has 0 aliphatic rings. The van der Waals surface area contributed by atoms with Crippen molar-refractivity contribution in [2.24, 2.45) is 0 Å². The van der Waals surface area contributed by atoms with Gasteiger partial charge in [-0.15, -0.1) is 0 Å². The molecule has 0 saturated carbocycles. The maximum atomic E-state index is 12.3. The van der Waals surface area contributed by atoms with Crippen LogP contribution in [0, 0.1) is 0 Å². The predicted octanol–water partition coefficient (Wildman–Crippen LogP) is 4.07. The zero-order valence-electron chi connectivity index (χ0n) is 17.0. The van der Waals surface area contributed by atoms with Gasteiger partial charge in [0.1, 0.15) is 11.5 Å². The molecule has 1 aromatic heterocycles. The van der Waals surface area contributed by atoms with Crippen LogP contribution in [0.1, 0.15) is 24.2 Å². The molecule has 156 valence electrons. The number of amides is 1. The van der Waals surface area contributed by atoms with Gasteiger partial charge in [0.25, 0.3) is 5.91 Å². The summed E-state index contributed by atoms with van der Waals surface area (Å²) in [6, 6.07) is 15.9. The summed E-state index contributed by atoms with van der Waals surface area (Å²) in [5.41, 5.74) is 1.75. The maximum Gasteiger partial charge on any atom is 0.338 e. The van der Waals surface area contributed by atoms with Crippen molar-refractivity contribution < 1.29 is 23.8 Å². The van der Waals surface area contributed by atoms with Crippen molar-refractivity contribution in [2.45, 2.75) is 13.8 Å². The molecule has 0 bridgehead atoms. The van der Waals surface area contributed by atoms with Gasteiger partial charge in [0.2, 0.25) is 0 Å². The predicted molar refractivity (Wildman–Crippen MR) is 113 cm³/mol. The lowest BCUT2D eigenvalue weighted by Crippen LogP contribution is -2.21. The van der Waals surface area contributed by atoms with Crippen molar-refractivity contribution in [3.8, 4) is 17.2 Å². The van der Waals surface area contributed by atoms with Crippen LogP contribution < -0.4 is 14.8 Å². The second-order valence-corrected chi connectivity index (χ2v) is 6.29. The zero-order chi connectivity index (χ0) is 21.3. The second kappa shape index (κ2) is 10.2. The Bertz CT molecular complexity index is 981. The van der Waals surface area contributed by atoms with Crippen molar-refractivity contribution in [3.63, 3.8) is 0 Å². The van der Waals surface area contributed by atoms with Crippen LogP contribution in [0.4, 0.5) is 5.69 Å². The molecule has 1 N–H and O–H groups in total. The first-order chi connectivity index (χ1) is 14.6. The molecule has 0 fully saturated rings. The lowest BCUT2D eigenvalue weighted by atomic mass is 10.2. The molecule has 0 saturated heterocycles. The molecule has 7 nitrogen and oxygen atoms in total. The first kappa shape index (κ1) is 21.0. The molecule has 2 aromatic carbocycles. The lowest BCUT2D eigenvalue weighted by Gasteiger charge is -2.13. The number of benzene rings is 2. The van der Waals surface area contributed by atoms with Gasteiger partial charge in [-0.2, -0.15) is 0 Å². The summed E-state index contributed by atoms with van der Waals surface area (Å²) in [6.45, 7) is 4.26. The minimum absolute atomic E-state index is 0.368. The molecule has 0 aliphatic carbocycles. The fourth-order valence-electron chi connectivity index (χ4n) is 2.82. The van der Waals surface area contributed by atoms with E-state index < -0.39 is 18.5 Å². The van der Waals surface area contributed by atoms with Crippen molar-refractivity contribution in [1.82, 2.24) is 4.57 Å². The normalized spacial score (nSPS) is 10.3. The molecule has 0 radical (unpaired) electrons. The van der Waals surface area contributed by atoms with Gasteiger partial charge >= 0.3 is 5.97 Å². The standard InChI is InChI=1S/C23H24N2O5/c1-3-28-19-11-12-21(29-4-2)20(15-19)24-22(26)16-30-23(27)17-7-9-18(10-8-17)25-13-5-6-14-25/h5-15H,3-4,16H2,1-2H3,(H,24,26). The topological polar surface area (TPSA) is 78.8 Å². The first-order valence-electron chi connectivity index (χ1n) is 9.70. The SMILES string of the molecule is CCOc1ccc(OCC)c(NC(=O)COC(=O)c2ccc(-n3cccc3)cc2)c1. The Morgan fingerprint density at radius 2 is 1.63 bits per heavy atom. The summed E-state index contributed by atoms with van der Waals surface area (Å²) < 4.78 is 18.1. The van der Waals surface area contributed by atoms with Crippen molar-refractivity contribution in [1.29, 1.82) is 0 Å². The average Bonchev–Trinajstić information content (AvgIpc) is 3.29. The molecule has 30 heavy (non-hydrogen) atoms. The van der Waals surface area contributed by atoms with Crippen LogP contribution in [0.2, 0.25) is 0 Å². The molecular formula is C23H24N2O5. The Kier molecular flexibility index (Phi) is 7.10. The van der Waals surface area contributed by atoms with E-state index in [2.05, 4.69) is 5.32 Å². The van der Waals surface area contributed by atoms with E-state index in [1.807, 2.05) is 55.1 Å². The van der Waals surface area contributed by atoms with Crippen LogP contribution in [0.3, 0.4) is 0 Å². The Labute approximate surface area is 175 Å². The number of ether oxygens (including phenoxy) is 3. The van der Waals surface area contributed by atoms with E-state index >= 15 is 0 Å². The minimum atomic E-state index is -0.572. The zero-order valence-corrected chi connectivity index (χ0v) is 17.0. The van der Waals surface area contributed by atoms with E-state index in [1.54, 1.807) is 30.3 Å². The lowest BCUT2D eigenvalue weighted by molar-refractivity contribution is -0.119. The Balaban J connectivity index is 1.59. The highest BCUT2D eigenvalue weighted by molar-refractivity contribution is 5.96. The van der Waals surface area contributed by atoms with Gasteiger partial charge in [-0.1, -0.05) is 0 Å². The number of rotatable bonds is 9. The molecule has 0 spiro atoms. The third kappa shape index (κ3) is 5.41. The number of nitrogens with zero attached hydrogens (tertiary/aromatic N) is 1. The Morgan fingerprint density at radius 1 is 0.933 bits per heavy atom. The molecule has 3 aromatic rings. The molecule has 0 aliphatic heterocycles. The van der Waals surface area contributed by atoms with E-state index in [1.165, 1.54) is 0 Å². The number of carbonyl (C=O) groups excluding carboxylic acids is 2. The smallest absolute Gasteiger partial charge is 0.338 e. The van der Waals surface area contributed by atoms with Gasteiger partial charge < -0.3 is 24.1 Å². The number of carbonyl (C=O) groups is 2.